The Balaban J connectivity index is 2.36. The molecule has 1 aliphatic rings. The van der Waals surface area contributed by atoms with Gasteiger partial charge in [0, 0.05) is 18.1 Å². The molecule has 0 aromatic carbocycles. The van der Waals surface area contributed by atoms with Crippen molar-refractivity contribution < 1.29 is 4.79 Å². The molecule has 2 N–H and O–H groups in total. The van der Waals surface area contributed by atoms with Crippen molar-refractivity contribution in [1.29, 1.82) is 0 Å². The summed E-state index contributed by atoms with van der Waals surface area (Å²) in [4.78, 5) is 20.7. The summed E-state index contributed by atoms with van der Waals surface area (Å²) in [7, 11) is 1.67. The van der Waals surface area contributed by atoms with E-state index in [0.29, 0.717) is 5.84 Å². The molecule has 0 spiro atoms. The van der Waals surface area contributed by atoms with E-state index >= 15 is 0 Å². The van der Waals surface area contributed by atoms with E-state index in [2.05, 4.69) is 9.98 Å². The number of rotatable bonds is 1. The number of carbonyl (C=O) groups excluding carboxylic acids is 1. The van der Waals surface area contributed by atoms with E-state index in [9.17, 15) is 4.79 Å². The van der Waals surface area contributed by atoms with Crippen molar-refractivity contribution in [2.45, 2.75) is 13.0 Å². The van der Waals surface area contributed by atoms with E-state index in [4.69, 9.17) is 5.73 Å². The first-order chi connectivity index (χ1) is 6.59. The van der Waals surface area contributed by atoms with Crippen molar-refractivity contribution >= 4 is 23.2 Å². The zero-order chi connectivity index (χ0) is 10.3. The predicted molar refractivity (Wildman–Crippen MR) is 54.4 cm³/mol. The number of aromatic nitrogens is 1. The number of aryl methyl sites for hydroxylation is 1. The number of hydrogen-bond acceptors (Lipinski definition) is 4. The zero-order valence-corrected chi connectivity index (χ0v) is 8.71. The minimum atomic E-state index is -0.305. The fraction of sp³-hybridized carbons (Fsp3) is 0.375. The minimum Gasteiger partial charge on any atom is -0.385 e. The van der Waals surface area contributed by atoms with Gasteiger partial charge in [-0.05, 0) is 6.92 Å². The van der Waals surface area contributed by atoms with E-state index in [-0.39, 0.29) is 12.1 Å². The molecule has 0 saturated heterocycles. The quantitative estimate of drug-likeness (QED) is 0.749. The van der Waals surface area contributed by atoms with Crippen LogP contribution in [0, 0.1) is 6.92 Å². The van der Waals surface area contributed by atoms with Gasteiger partial charge in [0.25, 0.3) is 0 Å². The second-order valence-corrected chi connectivity index (χ2v) is 4.05. The van der Waals surface area contributed by atoms with Gasteiger partial charge in [0.05, 0.1) is 0 Å². The number of thiazole rings is 1. The van der Waals surface area contributed by atoms with Crippen LogP contribution in [0.5, 0.6) is 0 Å². The van der Waals surface area contributed by atoms with Gasteiger partial charge in [0.1, 0.15) is 16.9 Å². The molecule has 1 aromatic heterocycles. The second-order valence-electron chi connectivity index (χ2n) is 3.16. The molecule has 14 heavy (non-hydrogen) atoms. The van der Waals surface area contributed by atoms with Crippen LogP contribution in [0.3, 0.4) is 0 Å². The Hall–Kier alpha value is -1.43. The molecular weight excluding hydrogens is 200 g/mol. The van der Waals surface area contributed by atoms with Crippen molar-refractivity contribution in [3.63, 3.8) is 0 Å². The summed E-state index contributed by atoms with van der Waals surface area (Å²) in [5, 5.41) is 2.75. The van der Waals surface area contributed by atoms with E-state index in [1.165, 1.54) is 16.2 Å². The maximum Gasteiger partial charge on any atom is 0.346 e. The van der Waals surface area contributed by atoms with Gasteiger partial charge in [0.2, 0.25) is 0 Å². The Kier molecular flexibility index (Phi) is 1.99. The Labute approximate surface area is 85.3 Å². The van der Waals surface area contributed by atoms with E-state index in [1.54, 1.807) is 7.05 Å². The van der Waals surface area contributed by atoms with Gasteiger partial charge in [0.15, 0.2) is 0 Å². The lowest BCUT2D eigenvalue weighted by Gasteiger charge is -2.16. The molecule has 1 unspecified atom stereocenters. The molecule has 0 aliphatic carbocycles. The summed E-state index contributed by atoms with van der Waals surface area (Å²) < 4.78 is 0. The Bertz CT molecular complexity index is 411. The highest BCUT2D eigenvalue weighted by atomic mass is 32.1. The van der Waals surface area contributed by atoms with Crippen molar-refractivity contribution in [3.8, 4) is 0 Å². The van der Waals surface area contributed by atoms with Crippen molar-refractivity contribution in [2.24, 2.45) is 10.7 Å². The molecule has 1 aromatic rings. The number of likely N-dealkylation sites (N-methyl/N-ethyl adjacent to an activating group) is 1. The minimum absolute atomic E-state index is 0.277. The number of amidine groups is 1. The maximum atomic E-state index is 11.2. The van der Waals surface area contributed by atoms with Crippen LogP contribution in [0.1, 0.15) is 16.7 Å². The normalized spacial score (nSPS) is 21.6. The van der Waals surface area contributed by atoms with Crippen LogP contribution in [0.2, 0.25) is 0 Å². The van der Waals surface area contributed by atoms with Crippen LogP contribution >= 0.6 is 11.3 Å². The monoisotopic (exact) mass is 210 g/mol. The molecule has 0 bridgehead atoms. The summed E-state index contributed by atoms with van der Waals surface area (Å²) >= 11 is 1.49. The SMILES string of the molecule is Cc1csc(C2C(N)=NC(=O)N2C)n1. The molecule has 0 radical (unpaired) electrons. The molecule has 2 amide bonds. The van der Waals surface area contributed by atoms with Gasteiger partial charge in [-0.1, -0.05) is 0 Å². The van der Waals surface area contributed by atoms with Crippen molar-refractivity contribution in [3.05, 3.63) is 16.1 Å². The lowest BCUT2D eigenvalue weighted by Crippen LogP contribution is -2.29. The Morgan fingerprint density at radius 1 is 1.64 bits per heavy atom. The number of hydrogen-bond donors (Lipinski definition) is 1. The topological polar surface area (TPSA) is 71.6 Å². The first kappa shape index (κ1) is 9.14. The predicted octanol–water partition coefficient (Wildman–Crippen LogP) is 0.915. The number of urea groups is 1. The van der Waals surface area contributed by atoms with E-state index in [1.807, 2.05) is 12.3 Å². The zero-order valence-electron chi connectivity index (χ0n) is 7.89. The summed E-state index contributed by atoms with van der Waals surface area (Å²) in [6.45, 7) is 1.91. The third-order valence-corrected chi connectivity index (χ3v) is 3.08. The van der Waals surface area contributed by atoms with Gasteiger partial charge in [-0.2, -0.15) is 4.99 Å². The fourth-order valence-electron chi connectivity index (χ4n) is 1.35. The lowest BCUT2D eigenvalue weighted by atomic mass is 10.3. The number of carbonyl (C=O) groups is 1. The van der Waals surface area contributed by atoms with Crippen molar-refractivity contribution in [1.82, 2.24) is 9.88 Å². The second kappa shape index (κ2) is 3.06. The molecule has 6 heteroatoms. The van der Waals surface area contributed by atoms with Gasteiger partial charge < -0.3 is 10.6 Å². The highest BCUT2D eigenvalue weighted by Crippen LogP contribution is 2.27. The number of nitrogens with two attached hydrogens (primary N) is 1. The molecule has 2 heterocycles. The molecular formula is C8H10N4OS. The Morgan fingerprint density at radius 3 is 2.79 bits per heavy atom. The van der Waals surface area contributed by atoms with Gasteiger partial charge in [-0.25, -0.2) is 9.78 Å². The highest BCUT2D eigenvalue weighted by molar-refractivity contribution is 7.09. The smallest absolute Gasteiger partial charge is 0.346 e. The van der Waals surface area contributed by atoms with Crippen LogP contribution in [-0.4, -0.2) is 28.8 Å². The largest absolute Gasteiger partial charge is 0.385 e. The molecule has 2 rings (SSSR count). The van der Waals surface area contributed by atoms with Gasteiger partial charge in [-0.15, -0.1) is 11.3 Å². The molecule has 0 fully saturated rings. The van der Waals surface area contributed by atoms with E-state index in [0.717, 1.165) is 10.7 Å². The lowest BCUT2D eigenvalue weighted by molar-refractivity contribution is 0.218. The molecule has 1 atom stereocenters. The van der Waals surface area contributed by atoms with Crippen molar-refractivity contribution in [2.75, 3.05) is 7.05 Å². The third kappa shape index (κ3) is 1.27. The first-order valence-corrected chi connectivity index (χ1v) is 5.00. The Morgan fingerprint density at radius 2 is 2.36 bits per heavy atom. The number of nitrogens with zero attached hydrogens (tertiary/aromatic N) is 3. The molecule has 1 aliphatic heterocycles. The molecule has 74 valence electrons. The van der Waals surface area contributed by atoms with Crippen LogP contribution < -0.4 is 5.73 Å². The van der Waals surface area contributed by atoms with E-state index < -0.39 is 0 Å². The average molecular weight is 210 g/mol. The number of aliphatic imine (C=N–C) groups is 1. The van der Waals surface area contributed by atoms with Crippen LogP contribution in [0.25, 0.3) is 0 Å². The average Bonchev–Trinajstić information content (AvgIpc) is 2.60. The molecule has 0 saturated carbocycles. The third-order valence-electron chi connectivity index (χ3n) is 2.06. The molecule has 5 nitrogen and oxygen atoms in total. The maximum absolute atomic E-state index is 11.2. The fourth-order valence-corrected chi connectivity index (χ4v) is 2.30. The first-order valence-electron chi connectivity index (χ1n) is 4.12. The summed E-state index contributed by atoms with van der Waals surface area (Å²) in [6.07, 6.45) is 0. The van der Waals surface area contributed by atoms with Crippen LogP contribution in [-0.2, 0) is 0 Å². The van der Waals surface area contributed by atoms with Crippen LogP contribution in [0.4, 0.5) is 4.79 Å². The standard InChI is InChI=1S/C8H10N4OS/c1-4-3-14-7(10-4)5-6(9)11-8(13)12(5)2/h3,5H,1-2H3,(H2,9,11,13). The van der Waals surface area contributed by atoms with Crippen LogP contribution in [0.15, 0.2) is 10.4 Å². The highest BCUT2D eigenvalue weighted by Gasteiger charge is 2.33. The summed E-state index contributed by atoms with van der Waals surface area (Å²) in [5.41, 5.74) is 6.59. The van der Waals surface area contributed by atoms with Gasteiger partial charge in [-0.3, -0.25) is 0 Å². The number of amides is 2. The summed E-state index contributed by atoms with van der Waals surface area (Å²) in [5.74, 6) is 0.326. The van der Waals surface area contributed by atoms with Gasteiger partial charge >= 0.3 is 6.03 Å². The summed E-state index contributed by atoms with van der Waals surface area (Å²) in [6, 6.07) is -0.582.